The molecule has 104 valence electrons. The van der Waals surface area contributed by atoms with E-state index in [1.807, 2.05) is 13.0 Å². The van der Waals surface area contributed by atoms with Crippen LogP contribution < -0.4 is 4.74 Å². The summed E-state index contributed by atoms with van der Waals surface area (Å²) in [6, 6.07) is 6.22. The second-order valence-electron chi connectivity index (χ2n) is 5.57. The van der Waals surface area contributed by atoms with E-state index in [4.69, 9.17) is 9.84 Å². The van der Waals surface area contributed by atoms with Crippen molar-refractivity contribution >= 4 is 5.97 Å². The number of hydrogen-bond donors (Lipinski definition) is 1. The maximum absolute atomic E-state index is 10.9. The molecule has 1 aromatic carbocycles. The largest absolute Gasteiger partial charge is 0.494 e. The minimum Gasteiger partial charge on any atom is -0.494 e. The molecule has 3 nitrogen and oxygen atoms in total. The van der Waals surface area contributed by atoms with Crippen molar-refractivity contribution in [2.45, 2.75) is 33.6 Å². The van der Waals surface area contributed by atoms with E-state index >= 15 is 0 Å². The molecule has 0 bridgehead atoms. The molecule has 0 heterocycles. The van der Waals surface area contributed by atoms with Crippen LogP contribution in [0.1, 0.15) is 31.4 Å². The molecule has 1 aliphatic rings. The summed E-state index contributed by atoms with van der Waals surface area (Å²) in [5.41, 5.74) is 2.42. The van der Waals surface area contributed by atoms with Gasteiger partial charge in [0.05, 0.1) is 12.5 Å². The Kier molecular flexibility index (Phi) is 4.13. The van der Waals surface area contributed by atoms with Crippen LogP contribution in [0.4, 0.5) is 0 Å². The van der Waals surface area contributed by atoms with Crippen LogP contribution in [-0.2, 0) is 11.2 Å². The van der Waals surface area contributed by atoms with Gasteiger partial charge < -0.3 is 9.84 Å². The highest BCUT2D eigenvalue weighted by Crippen LogP contribution is 2.46. The number of rotatable bonds is 6. The van der Waals surface area contributed by atoms with Gasteiger partial charge in [-0.15, -0.1) is 0 Å². The summed E-state index contributed by atoms with van der Waals surface area (Å²) in [5, 5.41) is 9.00. The Morgan fingerprint density at radius 2 is 2.26 bits per heavy atom. The van der Waals surface area contributed by atoms with Crippen LogP contribution in [0.2, 0.25) is 0 Å². The standard InChI is InChI=1S/C16H22O3/c1-4-19-15-6-5-10(2)7-12(15)8-11(3)13-9-14(13)16(17)18/h5-7,11,13-14H,4,8-9H2,1-3H3,(H,17,18). The molecule has 3 unspecified atom stereocenters. The number of carboxylic acids is 1. The predicted octanol–water partition coefficient (Wildman–Crippen LogP) is 3.29. The fourth-order valence-electron chi connectivity index (χ4n) is 2.79. The molecule has 19 heavy (non-hydrogen) atoms. The first-order chi connectivity index (χ1) is 9.02. The molecular formula is C16H22O3. The van der Waals surface area contributed by atoms with Crippen LogP contribution >= 0.6 is 0 Å². The number of carbonyl (C=O) groups is 1. The Morgan fingerprint density at radius 3 is 2.84 bits per heavy atom. The first-order valence-electron chi connectivity index (χ1n) is 6.98. The van der Waals surface area contributed by atoms with Crippen LogP contribution in [0.25, 0.3) is 0 Å². The van der Waals surface area contributed by atoms with E-state index in [1.165, 1.54) is 11.1 Å². The molecular weight excluding hydrogens is 240 g/mol. The summed E-state index contributed by atoms with van der Waals surface area (Å²) in [7, 11) is 0. The highest BCUT2D eigenvalue weighted by Gasteiger charge is 2.46. The van der Waals surface area contributed by atoms with Gasteiger partial charge in [0, 0.05) is 0 Å². The quantitative estimate of drug-likeness (QED) is 0.855. The molecule has 1 fully saturated rings. The number of hydrogen-bond acceptors (Lipinski definition) is 2. The van der Waals surface area contributed by atoms with Crippen LogP contribution in [0.5, 0.6) is 5.75 Å². The Balaban J connectivity index is 2.06. The van der Waals surface area contributed by atoms with Crippen molar-refractivity contribution in [3.63, 3.8) is 0 Å². The van der Waals surface area contributed by atoms with Crippen LogP contribution in [0, 0.1) is 24.7 Å². The third-order valence-electron chi connectivity index (χ3n) is 3.95. The Hall–Kier alpha value is -1.51. The summed E-state index contributed by atoms with van der Waals surface area (Å²) in [6.07, 6.45) is 1.72. The normalized spacial score (nSPS) is 22.9. The molecule has 2 rings (SSSR count). The first kappa shape index (κ1) is 13.9. The van der Waals surface area contributed by atoms with Gasteiger partial charge in [-0.2, -0.15) is 0 Å². The predicted molar refractivity (Wildman–Crippen MR) is 74.4 cm³/mol. The number of benzene rings is 1. The van der Waals surface area contributed by atoms with Gasteiger partial charge in [0.15, 0.2) is 0 Å². The van der Waals surface area contributed by atoms with E-state index in [2.05, 4.69) is 26.0 Å². The summed E-state index contributed by atoms with van der Waals surface area (Å²) in [5.74, 6) is 0.878. The average molecular weight is 262 g/mol. The summed E-state index contributed by atoms with van der Waals surface area (Å²) in [6.45, 7) is 6.85. The van der Waals surface area contributed by atoms with Gasteiger partial charge in [-0.3, -0.25) is 4.79 Å². The number of ether oxygens (including phenoxy) is 1. The van der Waals surface area contributed by atoms with E-state index in [9.17, 15) is 4.79 Å². The van der Waals surface area contributed by atoms with E-state index < -0.39 is 5.97 Å². The fourth-order valence-corrected chi connectivity index (χ4v) is 2.79. The number of aliphatic carboxylic acids is 1. The number of carboxylic acid groups (broad SMARTS) is 1. The first-order valence-corrected chi connectivity index (χ1v) is 6.98. The third-order valence-corrected chi connectivity index (χ3v) is 3.95. The van der Waals surface area contributed by atoms with Crippen LogP contribution in [0.3, 0.4) is 0 Å². The van der Waals surface area contributed by atoms with Crippen molar-refractivity contribution in [2.75, 3.05) is 6.61 Å². The van der Waals surface area contributed by atoms with Gasteiger partial charge in [-0.25, -0.2) is 0 Å². The summed E-state index contributed by atoms with van der Waals surface area (Å²) in [4.78, 5) is 10.9. The van der Waals surface area contributed by atoms with Crippen molar-refractivity contribution < 1.29 is 14.6 Å². The van der Waals surface area contributed by atoms with Crippen molar-refractivity contribution in [1.29, 1.82) is 0 Å². The zero-order valence-electron chi connectivity index (χ0n) is 11.8. The molecule has 1 N–H and O–H groups in total. The Labute approximate surface area is 114 Å². The maximum atomic E-state index is 10.9. The van der Waals surface area contributed by atoms with Gasteiger partial charge in [-0.1, -0.05) is 24.6 Å². The molecule has 3 atom stereocenters. The van der Waals surface area contributed by atoms with Gasteiger partial charge >= 0.3 is 5.97 Å². The molecule has 1 saturated carbocycles. The van der Waals surface area contributed by atoms with E-state index in [0.717, 1.165) is 18.6 Å². The lowest BCUT2D eigenvalue weighted by molar-refractivity contribution is -0.139. The molecule has 1 aliphatic carbocycles. The van der Waals surface area contributed by atoms with Crippen molar-refractivity contribution in [2.24, 2.45) is 17.8 Å². The third kappa shape index (κ3) is 3.28. The summed E-state index contributed by atoms with van der Waals surface area (Å²) < 4.78 is 5.65. The van der Waals surface area contributed by atoms with Gasteiger partial charge in [0.2, 0.25) is 0 Å². The van der Waals surface area contributed by atoms with Crippen LogP contribution in [0.15, 0.2) is 18.2 Å². The number of aryl methyl sites for hydroxylation is 1. The monoisotopic (exact) mass is 262 g/mol. The topological polar surface area (TPSA) is 46.5 Å². The zero-order valence-corrected chi connectivity index (χ0v) is 11.8. The lowest BCUT2D eigenvalue weighted by Crippen LogP contribution is -2.09. The van der Waals surface area contributed by atoms with Gasteiger partial charge in [-0.05, 0) is 50.2 Å². The van der Waals surface area contributed by atoms with Crippen molar-refractivity contribution in [3.05, 3.63) is 29.3 Å². The lowest BCUT2D eigenvalue weighted by atomic mass is 9.94. The molecule has 1 aromatic rings. The van der Waals surface area contributed by atoms with E-state index in [0.29, 0.717) is 18.4 Å². The van der Waals surface area contributed by atoms with E-state index in [1.54, 1.807) is 0 Å². The lowest BCUT2D eigenvalue weighted by Gasteiger charge is -2.15. The molecule has 0 aromatic heterocycles. The molecule has 0 amide bonds. The molecule has 0 radical (unpaired) electrons. The Bertz CT molecular complexity index is 467. The molecule has 0 saturated heterocycles. The Morgan fingerprint density at radius 1 is 1.53 bits per heavy atom. The molecule has 0 spiro atoms. The maximum Gasteiger partial charge on any atom is 0.306 e. The fraction of sp³-hybridized carbons (Fsp3) is 0.562. The van der Waals surface area contributed by atoms with Crippen molar-refractivity contribution in [1.82, 2.24) is 0 Å². The SMILES string of the molecule is CCOc1ccc(C)cc1CC(C)C1CC1C(=O)O. The molecule has 3 heteroatoms. The second kappa shape index (κ2) is 5.64. The van der Waals surface area contributed by atoms with Crippen LogP contribution in [-0.4, -0.2) is 17.7 Å². The zero-order chi connectivity index (χ0) is 14.0. The summed E-state index contributed by atoms with van der Waals surface area (Å²) >= 11 is 0. The minimum atomic E-state index is -0.647. The minimum absolute atomic E-state index is 0.129. The highest BCUT2D eigenvalue weighted by atomic mass is 16.5. The van der Waals surface area contributed by atoms with Crippen molar-refractivity contribution in [3.8, 4) is 5.75 Å². The van der Waals surface area contributed by atoms with Gasteiger partial charge in [0.25, 0.3) is 0 Å². The average Bonchev–Trinajstić information content (AvgIpc) is 3.13. The van der Waals surface area contributed by atoms with E-state index in [-0.39, 0.29) is 5.92 Å². The van der Waals surface area contributed by atoms with Gasteiger partial charge in [0.1, 0.15) is 5.75 Å². The molecule has 0 aliphatic heterocycles. The highest BCUT2D eigenvalue weighted by molar-refractivity contribution is 5.73. The smallest absolute Gasteiger partial charge is 0.306 e. The second-order valence-corrected chi connectivity index (χ2v) is 5.57.